The van der Waals surface area contributed by atoms with E-state index in [-0.39, 0.29) is 31.7 Å². The molecule has 0 bridgehead atoms. The average molecular weight is 575 g/mol. The molecule has 3 aromatic rings. The van der Waals surface area contributed by atoms with Gasteiger partial charge in [0.1, 0.15) is 24.9 Å². The first-order chi connectivity index (χ1) is 20.5. The van der Waals surface area contributed by atoms with Crippen LogP contribution in [0.4, 0.5) is 4.79 Å². The van der Waals surface area contributed by atoms with Crippen molar-refractivity contribution < 1.29 is 34.3 Å². The minimum absolute atomic E-state index is 0.000933. The van der Waals surface area contributed by atoms with Crippen molar-refractivity contribution in [3.63, 3.8) is 0 Å². The van der Waals surface area contributed by atoms with Gasteiger partial charge >= 0.3 is 6.09 Å². The number of rotatable bonds is 8. The Morgan fingerprint density at radius 2 is 1.55 bits per heavy atom. The molecular formula is C33H38N2O7. The van der Waals surface area contributed by atoms with Gasteiger partial charge in [-0.2, -0.15) is 0 Å². The maximum absolute atomic E-state index is 12.7. The van der Waals surface area contributed by atoms with Gasteiger partial charge in [-0.15, -0.1) is 0 Å². The van der Waals surface area contributed by atoms with Gasteiger partial charge in [0, 0.05) is 37.2 Å². The van der Waals surface area contributed by atoms with Crippen molar-refractivity contribution in [2.75, 3.05) is 32.8 Å². The number of nitrogens with one attached hydrogen (secondary N) is 1. The highest BCUT2D eigenvalue weighted by Crippen LogP contribution is 2.44. The first-order valence-electron chi connectivity index (χ1n) is 14.7. The standard InChI is InChI=1S/C33H38N2O7/c36-28(30(38)31-29(37)20-40-32(42-31)21-8-2-1-3-9-21)18-35-16-14-22(15-17-35)34-33(39)41-19-27-25-12-6-4-10-23(25)24-11-5-7-13-26(24)27/h1-13,22,27-32,36-38H,14-20H2,(H,34,39)/t28?,29-,30?,31-,32?/m1/s1. The number of piperidine rings is 1. The van der Waals surface area contributed by atoms with Crippen LogP contribution in [0.25, 0.3) is 11.1 Å². The highest BCUT2D eigenvalue weighted by Gasteiger charge is 2.40. The van der Waals surface area contributed by atoms with Crippen LogP contribution in [-0.2, 0) is 14.2 Å². The summed E-state index contributed by atoms with van der Waals surface area (Å²) in [5.41, 5.74) is 5.51. The number of carbonyl (C=O) groups excluding carboxylic acids is 1. The number of carbonyl (C=O) groups is 1. The van der Waals surface area contributed by atoms with Crippen LogP contribution < -0.4 is 5.32 Å². The highest BCUT2D eigenvalue weighted by atomic mass is 16.7. The zero-order chi connectivity index (χ0) is 29.1. The lowest BCUT2D eigenvalue weighted by Gasteiger charge is -2.39. The van der Waals surface area contributed by atoms with Crippen LogP contribution >= 0.6 is 0 Å². The van der Waals surface area contributed by atoms with E-state index in [1.54, 1.807) is 0 Å². The van der Waals surface area contributed by atoms with Gasteiger partial charge in [-0.05, 0) is 35.1 Å². The number of nitrogens with zero attached hydrogens (tertiary/aromatic N) is 1. The minimum Gasteiger partial charge on any atom is -0.449 e. The molecule has 1 amide bonds. The smallest absolute Gasteiger partial charge is 0.407 e. The lowest BCUT2D eigenvalue weighted by molar-refractivity contribution is -0.283. The van der Waals surface area contributed by atoms with Gasteiger partial charge in [-0.25, -0.2) is 4.79 Å². The molecule has 0 radical (unpaired) electrons. The SMILES string of the molecule is O=C(NC1CCN(CC(O)C(O)[C@@H]2OC(c3ccccc3)OC[C@H]2O)CC1)OCC1c2ccccc2-c2ccccc21. The van der Waals surface area contributed by atoms with Gasteiger partial charge in [0.05, 0.1) is 12.7 Å². The second kappa shape index (κ2) is 12.9. The Hall–Kier alpha value is -3.31. The molecule has 4 N–H and O–H groups in total. The molecule has 2 fully saturated rings. The van der Waals surface area contributed by atoms with Crippen molar-refractivity contribution in [1.82, 2.24) is 10.2 Å². The zero-order valence-electron chi connectivity index (χ0n) is 23.4. The van der Waals surface area contributed by atoms with Crippen LogP contribution in [0.15, 0.2) is 78.9 Å². The maximum Gasteiger partial charge on any atom is 0.407 e. The summed E-state index contributed by atoms with van der Waals surface area (Å²) in [7, 11) is 0. The van der Waals surface area contributed by atoms with E-state index >= 15 is 0 Å². The van der Waals surface area contributed by atoms with Crippen LogP contribution in [0.5, 0.6) is 0 Å². The first-order valence-corrected chi connectivity index (χ1v) is 14.7. The average Bonchev–Trinajstić information content (AvgIpc) is 3.35. The van der Waals surface area contributed by atoms with Crippen LogP contribution in [0.3, 0.4) is 0 Å². The van der Waals surface area contributed by atoms with Gasteiger partial charge in [0.15, 0.2) is 6.29 Å². The van der Waals surface area contributed by atoms with Gasteiger partial charge < -0.3 is 39.7 Å². The zero-order valence-corrected chi connectivity index (χ0v) is 23.4. The van der Waals surface area contributed by atoms with E-state index in [0.717, 1.165) is 5.56 Å². The summed E-state index contributed by atoms with van der Waals surface area (Å²) in [6.45, 7) is 1.78. The number of β-amino-alcohol motifs (C(OH)–C–C–N with tert-alkyl or cyclic N) is 1. The Kier molecular flexibility index (Phi) is 8.85. The quantitative estimate of drug-likeness (QED) is 0.324. The topological polar surface area (TPSA) is 121 Å². The molecule has 1 aliphatic carbocycles. The summed E-state index contributed by atoms with van der Waals surface area (Å²) in [5.74, 6) is 0.0131. The fourth-order valence-corrected chi connectivity index (χ4v) is 6.30. The van der Waals surface area contributed by atoms with E-state index < -0.39 is 36.8 Å². The van der Waals surface area contributed by atoms with E-state index in [4.69, 9.17) is 14.2 Å². The van der Waals surface area contributed by atoms with Crippen molar-refractivity contribution in [2.24, 2.45) is 0 Å². The summed E-state index contributed by atoms with van der Waals surface area (Å²) >= 11 is 0. The number of aliphatic hydroxyl groups excluding tert-OH is 3. The number of aliphatic hydroxyl groups is 3. The molecule has 3 unspecified atom stereocenters. The van der Waals surface area contributed by atoms with Gasteiger partial charge in [0.2, 0.25) is 0 Å². The Bertz CT molecular complexity index is 1300. The molecule has 2 saturated heterocycles. The molecule has 9 heteroatoms. The third-order valence-electron chi connectivity index (χ3n) is 8.58. The number of ether oxygens (including phenoxy) is 3. The predicted octanol–water partition coefficient (Wildman–Crippen LogP) is 3.19. The number of likely N-dealkylation sites (tertiary alicyclic amines) is 1. The lowest BCUT2D eigenvalue weighted by atomic mass is 9.98. The second-order valence-corrected chi connectivity index (χ2v) is 11.3. The lowest BCUT2D eigenvalue weighted by Crippen LogP contribution is -2.55. The summed E-state index contributed by atoms with van der Waals surface area (Å²) in [6.07, 6.45) is -4.20. The molecule has 0 aromatic heterocycles. The predicted molar refractivity (Wildman–Crippen MR) is 156 cm³/mol. The molecular weight excluding hydrogens is 536 g/mol. The number of benzene rings is 3. The molecule has 2 aliphatic heterocycles. The summed E-state index contributed by atoms with van der Waals surface area (Å²) in [6, 6.07) is 25.8. The van der Waals surface area contributed by atoms with Gasteiger partial charge in [-0.3, -0.25) is 0 Å². The number of alkyl carbamates (subject to hydrolysis) is 1. The van der Waals surface area contributed by atoms with Crippen LogP contribution in [0.2, 0.25) is 0 Å². The molecule has 42 heavy (non-hydrogen) atoms. The molecule has 9 nitrogen and oxygen atoms in total. The third kappa shape index (κ3) is 6.22. The van der Waals surface area contributed by atoms with Crippen molar-refractivity contribution in [3.8, 4) is 11.1 Å². The summed E-state index contributed by atoms with van der Waals surface area (Å²) in [5, 5.41) is 35.1. The van der Waals surface area contributed by atoms with Gasteiger partial charge in [-0.1, -0.05) is 78.9 Å². The van der Waals surface area contributed by atoms with E-state index in [1.165, 1.54) is 22.3 Å². The highest BCUT2D eigenvalue weighted by molar-refractivity contribution is 5.79. The van der Waals surface area contributed by atoms with E-state index in [9.17, 15) is 20.1 Å². The summed E-state index contributed by atoms with van der Waals surface area (Å²) in [4.78, 5) is 14.8. The van der Waals surface area contributed by atoms with E-state index in [2.05, 4.69) is 29.6 Å². The Morgan fingerprint density at radius 1 is 0.929 bits per heavy atom. The van der Waals surface area contributed by atoms with Gasteiger partial charge in [0.25, 0.3) is 0 Å². The molecule has 222 valence electrons. The Morgan fingerprint density at radius 3 is 2.21 bits per heavy atom. The number of amides is 1. The number of hydrogen-bond acceptors (Lipinski definition) is 8. The maximum atomic E-state index is 12.7. The second-order valence-electron chi connectivity index (χ2n) is 11.3. The molecule has 2 heterocycles. The van der Waals surface area contributed by atoms with Crippen molar-refractivity contribution in [2.45, 2.75) is 55.5 Å². The molecule has 5 atom stereocenters. The molecule has 3 aliphatic rings. The number of hydrogen-bond donors (Lipinski definition) is 4. The Balaban J connectivity index is 0.953. The van der Waals surface area contributed by atoms with Crippen molar-refractivity contribution in [1.29, 1.82) is 0 Å². The van der Waals surface area contributed by atoms with Crippen molar-refractivity contribution in [3.05, 3.63) is 95.6 Å². The molecule has 0 saturated carbocycles. The first kappa shape index (κ1) is 28.8. The monoisotopic (exact) mass is 574 g/mol. The fraction of sp³-hybridized carbons (Fsp3) is 0.424. The van der Waals surface area contributed by atoms with E-state index in [1.807, 2.05) is 59.5 Å². The molecule has 6 rings (SSSR count). The number of fused-ring (bicyclic) bond motifs is 3. The third-order valence-corrected chi connectivity index (χ3v) is 8.58. The Labute approximate surface area is 245 Å². The fourth-order valence-electron chi connectivity index (χ4n) is 6.30. The van der Waals surface area contributed by atoms with Crippen molar-refractivity contribution >= 4 is 6.09 Å². The normalized spacial score (nSPS) is 24.4. The van der Waals surface area contributed by atoms with E-state index in [0.29, 0.717) is 25.9 Å². The summed E-state index contributed by atoms with van der Waals surface area (Å²) < 4.78 is 17.1. The largest absolute Gasteiger partial charge is 0.449 e. The van der Waals surface area contributed by atoms with Crippen LogP contribution in [-0.4, -0.2) is 89.6 Å². The minimum atomic E-state index is -1.29. The van der Waals surface area contributed by atoms with Crippen LogP contribution in [0, 0.1) is 0 Å². The van der Waals surface area contributed by atoms with Crippen LogP contribution in [0.1, 0.15) is 41.7 Å². The molecule has 0 spiro atoms. The molecule has 3 aromatic carbocycles.